The van der Waals surface area contributed by atoms with Gasteiger partial charge in [0.2, 0.25) is 17.6 Å². The minimum absolute atomic E-state index is 0.0787. The molecule has 0 unspecified atom stereocenters. The fraction of sp³-hybridized carbons (Fsp3) is 0.167. The van der Waals surface area contributed by atoms with Crippen molar-refractivity contribution in [1.29, 1.82) is 0 Å². The van der Waals surface area contributed by atoms with Crippen LogP contribution in [0.4, 0.5) is 5.69 Å². The minimum atomic E-state index is -0.0787. The summed E-state index contributed by atoms with van der Waals surface area (Å²) in [6, 6.07) is 15.6. The first-order valence-electron chi connectivity index (χ1n) is 7.51. The first-order chi connectivity index (χ1) is 11.6. The summed E-state index contributed by atoms with van der Waals surface area (Å²) in [5.41, 5.74) is 2.88. The number of anilines is 1. The number of nitrogens with one attached hydrogen (secondary N) is 1. The van der Waals surface area contributed by atoms with Crippen molar-refractivity contribution < 1.29 is 9.32 Å². The van der Waals surface area contributed by atoms with Gasteiger partial charge in [0.25, 0.3) is 0 Å². The van der Waals surface area contributed by atoms with Crippen molar-refractivity contribution >= 4 is 23.4 Å². The van der Waals surface area contributed by atoms with Crippen LogP contribution >= 0.6 is 11.8 Å². The van der Waals surface area contributed by atoms with Gasteiger partial charge in [0.15, 0.2) is 0 Å². The third kappa shape index (κ3) is 4.02. The summed E-state index contributed by atoms with van der Waals surface area (Å²) in [6.45, 7) is 3.51. The Hall–Kier alpha value is -2.60. The van der Waals surface area contributed by atoms with Crippen molar-refractivity contribution in [3.63, 3.8) is 0 Å². The lowest BCUT2D eigenvalue weighted by atomic mass is 10.1. The zero-order valence-electron chi connectivity index (χ0n) is 13.4. The molecule has 0 saturated heterocycles. The van der Waals surface area contributed by atoms with Crippen LogP contribution in [0.3, 0.4) is 0 Å². The molecule has 0 saturated carbocycles. The Kier molecular flexibility index (Phi) is 4.96. The van der Waals surface area contributed by atoms with Crippen molar-refractivity contribution in [3.05, 3.63) is 60.0 Å². The van der Waals surface area contributed by atoms with Gasteiger partial charge in [0, 0.05) is 23.1 Å². The van der Waals surface area contributed by atoms with Crippen molar-refractivity contribution in [2.45, 2.75) is 24.5 Å². The number of carbonyl (C=O) groups is 1. The lowest BCUT2D eigenvalue weighted by Crippen LogP contribution is -2.05. The quantitative estimate of drug-likeness (QED) is 0.702. The zero-order valence-corrected chi connectivity index (χ0v) is 14.3. The molecular weight excluding hydrogens is 322 g/mol. The maximum absolute atomic E-state index is 11.0. The lowest BCUT2D eigenvalue weighted by molar-refractivity contribution is -0.114. The second-order valence-electron chi connectivity index (χ2n) is 5.32. The highest BCUT2D eigenvalue weighted by atomic mass is 32.2. The van der Waals surface area contributed by atoms with E-state index in [1.54, 1.807) is 11.8 Å². The number of hydrogen-bond donors (Lipinski definition) is 1. The number of nitrogens with zero attached hydrogens (tertiary/aromatic N) is 2. The van der Waals surface area contributed by atoms with E-state index in [0.29, 0.717) is 17.5 Å². The van der Waals surface area contributed by atoms with Gasteiger partial charge in [0.05, 0.1) is 5.75 Å². The fourth-order valence-corrected chi connectivity index (χ4v) is 2.97. The van der Waals surface area contributed by atoms with E-state index in [9.17, 15) is 4.79 Å². The van der Waals surface area contributed by atoms with E-state index >= 15 is 0 Å². The van der Waals surface area contributed by atoms with Crippen LogP contribution in [0.25, 0.3) is 11.4 Å². The van der Waals surface area contributed by atoms with Crippen LogP contribution in [0.15, 0.2) is 57.9 Å². The van der Waals surface area contributed by atoms with E-state index in [0.717, 1.165) is 21.7 Å². The number of rotatable bonds is 5. The number of carbonyl (C=O) groups excluding carboxylic acids is 1. The summed E-state index contributed by atoms with van der Waals surface area (Å²) in [5, 5.41) is 6.80. The Bertz CT molecular complexity index is 843. The molecule has 1 heterocycles. The summed E-state index contributed by atoms with van der Waals surface area (Å²) in [6.07, 6.45) is 0. The molecule has 2 aromatic carbocycles. The van der Waals surface area contributed by atoms with E-state index < -0.39 is 0 Å². The molecule has 122 valence electrons. The van der Waals surface area contributed by atoms with Crippen molar-refractivity contribution in [2.24, 2.45) is 0 Å². The largest absolute Gasteiger partial charge is 0.338 e. The second-order valence-corrected chi connectivity index (χ2v) is 6.37. The van der Waals surface area contributed by atoms with Crippen LogP contribution in [-0.2, 0) is 10.5 Å². The molecule has 0 fully saturated rings. The molecular formula is C18H17N3O2S. The molecule has 6 heteroatoms. The first-order valence-corrected chi connectivity index (χ1v) is 8.49. The average molecular weight is 339 g/mol. The Labute approximate surface area is 144 Å². The maximum Gasteiger partial charge on any atom is 0.237 e. The number of amides is 1. The third-order valence-electron chi connectivity index (χ3n) is 3.39. The number of aryl methyl sites for hydroxylation is 1. The number of aromatic nitrogens is 2. The highest BCUT2D eigenvalue weighted by Gasteiger charge is 2.10. The molecule has 0 aliphatic rings. The molecule has 1 amide bonds. The smallest absolute Gasteiger partial charge is 0.237 e. The number of thioether (sulfide) groups is 1. The SMILES string of the molecule is CC(=O)Nc1ccc(SCc2nc(-c3ccccc3C)no2)cc1. The molecule has 5 nitrogen and oxygen atoms in total. The van der Waals surface area contributed by atoms with Gasteiger partial charge >= 0.3 is 0 Å². The maximum atomic E-state index is 11.0. The molecule has 3 aromatic rings. The summed E-state index contributed by atoms with van der Waals surface area (Å²) < 4.78 is 5.33. The van der Waals surface area contributed by atoms with Crippen molar-refractivity contribution in [3.8, 4) is 11.4 Å². The van der Waals surface area contributed by atoms with Crippen molar-refractivity contribution in [2.75, 3.05) is 5.32 Å². The van der Waals surface area contributed by atoms with Crippen molar-refractivity contribution in [1.82, 2.24) is 10.1 Å². The topological polar surface area (TPSA) is 68.0 Å². The van der Waals surface area contributed by atoms with Gasteiger partial charge in [-0.25, -0.2) is 0 Å². The number of hydrogen-bond acceptors (Lipinski definition) is 5. The van der Waals surface area contributed by atoms with E-state index in [1.807, 2.05) is 55.5 Å². The highest BCUT2D eigenvalue weighted by molar-refractivity contribution is 7.98. The van der Waals surface area contributed by atoms with Crippen LogP contribution in [0.5, 0.6) is 0 Å². The fourth-order valence-electron chi connectivity index (χ4n) is 2.23. The lowest BCUT2D eigenvalue weighted by Gasteiger charge is -2.03. The minimum Gasteiger partial charge on any atom is -0.338 e. The Morgan fingerprint density at radius 2 is 1.92 bits per heavy atom. The first kappa shape index (κ1) is 16.3. The van der Waals surface area contributed by atoms with E-state index in [4.69, 9.17) is 4.52 Å². The molecule has 1 aromatic heterocycles. The predicted molar refractivity (Wildman–Crippen MR) is 94.8 cm³/mol. The molecule has 0 aliphatic carbocycles. The number of benzene rings is 2. The summed E-state index contributed by atoms with van der Waals surface area (Å²) in [7, 11) is 0. The summed E-state index contributed by atoms with van der Waals surface area (Å²) in [5.74, 6) is 1.72. The van der Waals surface area contributed by atoms with Crippen LogP contribution in [0.1, 0.15) is 18.4 Å². The van der Waals surface area contributed by atoms with Crippen LogP contribution in [0.2, 0.25) is 0 Å². The van der Waals surface area contributed by atoms with Crippen LogP contribution in [-0.4, -0.2) is 16.0 Å². The van der Waals surface area contributed by atoms with E-state index in [2.05, 4.69) is 15.5 Å². The van der Waals surface area contributed by atoms with Gasteiger partial charge in [-0.2, -0.15) is 4.98 Å². The summed E-state index contributed by atoms with van der Waals surface area (Å²) in [4.78, 5) is 16.5. The summed E-state index contributed by atoms with van der Waals surface area (Å²) >= 11 is 1.60. The predicted octanol–water partition coefficient (Wildman–Crippen LogP) is 4.30. The third-order valence-corrected chi connectivity index (χ3v) is 4.39. The standard InChI is InChI=1S/C18H17N3O2S/c1-12-5-3-4-6-16(12)18-20-17(23-21-18)11-24-15-9-7-14(8-10-15)19-13(2)22/h3-10H,11H2,1-2H3,(H,19,22). The Balaban J connectivity index is 1.63. The van der Waals surface area contributed by atoms with Gasteiger partial charge < -0.3 is 9.84 Å². The van der Waals surface area contributed by atoms with Gasteiger partial charge in [-0.1, -0.05) is 29.4 Å². The molecule has 1 N–H and O–H groups in total. The Morgan fingerprint density at radius 3 is 2.62 bits per heavy atom. The molecule has 0 atom stereocenters. The van der Waals surface area contributed by atoms with E-state index in [1.165, 1.54) is 6.92 Å². The zero-order chi connectivity index (χ0) is 16.9. The molecule has 0 spiro atoms. The normalized spacial score (nSPS) is 10.6. The molecule has 0 radical (unpaired) electrons. The molecule has 3 rings (SSSR count). The molecule has 0 bridgehead atoms. The Morgan fingerprint density at radius 1 is 1.17 bits per heavy atom. The monoisotopic (exact) mass is 339 g/mol. The van der Waals surface area contributed by atoms with Gasteiger partial charge in [-0.15, -0.1) is 11.8 Å². The van der Waals surface area contributed by atoms with Crippen LogP contribution < -0.4 is 5.32 Å². The second kappa shape index (κ2) is 7.31. The molecule has 0 aliphatic heterocycles. The molecule has 24 heavy (non-hydrogen) atoms. The highest BCUT2D eigenvalue weighted by Crippen LogP contribution is 2.25. The van der Waals surface area contributed by atoms with Gasteiger partial charge in [0.1, 0.15) is 0 Å². The van der Waals surface area contributed by atoms with Gasteiger partial charge in [-0.3, -0.25) is 4.79 Å². The van der Waals surface area contributed by atoms with Gasteiger partial charge in [-0.05, 0) is 36.8 Å². The average Bonchev–Trinajstić information content (AvgIpc) is 3.03. The van der Waals surface area contributed by atoms with E-state index in [-0.39, 0.29) is 5.91 Å². The van der Waals surface area contributed by atoms with Crippen LogP contribution in [0, 0.1) is 6.92 Å².